The Morgan fingerprint density at radius 2 is 0.696 bits per heavy atom. The lowest BCUT2D eigenvalue weighted by molar-refractivity contribution is -0.0179. The van der Waals surface area contributed by atoms with Crippen LogP contribution in [0.25, 0.3) is 0 Å². The van der Waals surface area contributed by atoms with Gasteiger partial charge in [-0.1, -0.05) is 0 Å². The maximum atomic E-state index is 5.99. The van der Waals surface area contributed by atoms with Crippen LogP contribution in [0.4, 0.5) is 0 Å². The van der Waals surface area contributed by atoms with Crippen LogP contribution in [-0.4, -0.2) is 58.3 Å². The van der Waals surface area contributed by atoms with Crippen molar-refractivity contribution in [2.75, 3.05) is 26.3 Å². The van der Waals surface area contributed by atoms with Crippen molar-refractivity contribution in [1.29, 1.82) is 0 Å². The van der Waals surface area contributed by atoms with Gasteiger partial charge in [0.1, 0.15) is 0 Å². The van der Waals surface area contributed by atoms with E-state index in [1.807, 2.05) is 0 Å². The van der Waals surface area contributed by atoms with E-state index in [4.69, 9.17) is 4.74 Å². The van der Waals surface area contributed by atoms with Crippen LogP contribution in [0.3, 0.4) is 0 Å². The second-order valence-corrected chi connectivity index (χ2v) is 10.6. The smallest absolute Gasteiger partial charge is 0.0594 e. The Kier molecular flexibility index (Phi) is 7.80. The summed E-state index contributed by atoms with van der Waals surface area (Å²) in [5.41, 5.74) is 0.629. The molecule has 0 spiro atoms. The van der Waals surface area contributed by atoms with Gasteiger partial charge in [0.15, 0.2) is 0 Å². The first-order chi connectivity index (χ1) is 9.97. The van der Waals surface area contributed by atoms with Gasteiger partial charge in [-0.2, -0.15) is 0 Å². The van der Waals surface area contributed by atoms with E-state index in [1.165, 1.54) is 0 Å². The molecule has 0 saturated heterocycles. The fraction of sp³-hybridized carbons (Fsp3) is 1.00. The summed E-state index contributed by atoms with van der Waals surface area (Å²) in [6, 6.07) is 0. The van der Waals surface area contributed by atoms with E-state index in [0.717, 1.165) is 26.3 Å². The first-order valence-electron chi connectivity index (χ1n) is 9.10. The molecule has 23 heavy (non-hydrogen) atoms. The van der Waals surface area contributed by atoms with Gasteiger partial charge in [0.05, 0.1) is 13.2 Å². The third-order valence-corrected chi connectivity index (χ3v) is 4.16. The van der Waals surface area contributed by atoms with Gasteiger partial charge in [0.25, 0.3) is 0 Å². The van der Waals surface area contributed by atoms with Crippen molar-refractivity contribution in [2.24, 2.45) is 0 Å². The van der Waals surface area contributed by atoms with Crippen molar-refractivity contribution in [2.45, 2.75) is 105 Å². The van der Waals surface area contributed by atoms with Crippen molar-refractivity contribution in [3.8, 4) is 0 Å². The number of rotatable bonds is 6. The minimum atomic E-state index is 0.157. The van der Waals surface area contributed by atoms with Crippen LogP contribution >= 0.6 is 0 Å². The maximum Gasteiger partial charge on any atom is 0.0594 e. The highest BCUT2D eigenvalue weighted by Crippen LogP contribution is 2.25. The molecule has 0 unspecified atom stereocenters. The summed E-state index contributed by atoms with van der Waals surface area (Å²) in [6.45, 7) is 30.8. The SMILES string of the molecule is CC(C)(C)N(CCOCCN(C(C)(C)C)C(C)(C)C)C(C)(C)C. The molecule has 0 aromatic carbocycles. The standard InChI is InChI=1S/C20H44N2O/c1-17(2,3)21(18(4,5)6)13-15-23-16-14-22(19(7,8)9)20(10,11)12/h13-16H2,1-12H3. The van der Waals surface area contributed by atoms with Crippen molar-refractivity contribution >= 4 is 0 Å². The molecule has 0 aliphatic carbocycles. The van der Waals surface area contributed by atoms with Crippen LogP contribution < -0.4 is 0 Å². The Morgan fingerprint density at radius 3 is 0.870 bits per heavy atom. The molecule has 0 aliphatic rings. The van der Waals surface area contributed by atoms with E-state index in [-0.39, 0.29) is 22.2 Å². The molecular formula is C20H44N2O. The van der Waals surface area contributed by atoms with Gasteiger partial charge < -0.3 is 4.74 Å². The van der Waals surface area contributed by atoms with E-state index >= 15 is 0 Å². The highest BCUT2D eigenvalue weighted by molar-refractivity contribution is 4.87. The van der Waals surface area contributed by atoms with Gasteiger partial charge in [-0.25, -0.2) is 0 Å². The van der Waals surface area contributed by atoms with Crippen LogP contribution in [0.5, 0.6) is 0 Å². The summed E-state index contributed by atoms with van der Waals surface area (Å²) in [5.74, 6) is 0. The van der Waals surface area contributed by atoms with Crippen LogP contribution in [0.2, 0.25) is 0 Å². The lowest BCUT2D eigenvalue weighted by Gasteiger charge is -2.46. The molecular weight excluding hydrogens is 284 g/mol. The Hall–Kier alpha value is -0.120. The molecule has 0 fully saturated rings. The molecule has 0 aromatic heterocycles. The number of ether oxygens (including phenoxy) is 1. The molecule has 0 amide bonds. The van der Waals surface area contributed by atoms with Crippen LogP contribution in [0.15, 0.2) is 0 Å². The Balaban J connectivity index is 4.46. The van der Waals surface area contributed by atoms with Crippen molar-refractivity contribution < 1.29 is 4.74 Å². The first kappa shape index (κ1) is 22.9. The summed E-state index contributed by atoms with van der Waals surface area (Å²) in [4.78, 5) is 5.04. The van der Waals surface area contributed by atoms with Gasteiger partial charge in [0.2, 0.25) is 0 Å². The number of nitrogens with zero attached hydrogens (tertiary/aromatic N) is 2. The molecule has 0 rings (SSSR count). The monoisotopic (exact) mass is 328 g/mol. The van der Waals surface area contributed by atoms with E-state index in [2.05, 4.69) is 92.9 Å². The molecule has 140 valence electrons. The zero-order valence-corrected chi connectivity index (χ0v) is 18.1. The molecule has 0 heterocycles. The van der Waals surface area contributed by atoms with Gasteiger partial charge in [-0.05, 0) is 83.1 Å². The average molecular weight is 329 g/mol. The fourth-order valence-electron chi connectivity index (χ4n) is 3.77. The average Bonchev–Trinajstić information content (AvgIpc) is 2.19. The number of hydrogen-bond donors (Lipinski definition) is 0. The maximum absolute atomic E-state index is 5.99. The molecule has 3 nitrogen and oxygen atoms in total. The fourth-order valence-corrected chi connectivity index (χ4v) is 3.77. The molecule has 0 atom stereocenters. The highest BCUT2D eigenvalue weighted by atomic mass is 16.5. The molecule has 0 N–H and O–H groups in total. The third kappa shape index (κ3) is 8.51. The van der Waals surface area contributed by atoms with Crippen LogP contribution in [0, 0.1) is 0 Å². The van der Waals surface area contributed by atoms with E-state index < -0.39 is 0 Å². The predicted molar refractivity (Wildman–Crippen MR) is 103 cm³/mol. The highest BCUT2D eigenvalue weighted by Gasteiger charge is 2.32. The quantitative estimate of drug-likeness (QED) is 0.651. The predicted octanol–water partition coefficient (Wildman–Crippen LogP) is 4.80. The first-order valence-corrected chi connectivity index (χ1v) is 9.10. The summed E-state index contributed by atoms with van der Waals surface area (Å²) < 4.78 is 5.99. The zero-order chi connectivity index (χ0) is 18.7. The topological polar surface area (TPSA) is 15.7 Å². The molecule has 0 aliphatic heterocycles. The van der Waals surface area contributed by atoms with Crippen LogP contribution in [-0.2, 0) is 4.74 Å². The lowest BCUT2D eigenvalue weighted by atomic mass is 9.96. The molecule has 0 bridgehead atoms. The Bertz CT molecular complexity index is 275. The van der Waals surface area contributed by atoms with Crippen LogP contribution in [0.1, 0.15) is 83.1 Å². The summed E-state index contributed by atoms with van der Waals surface area (Å²) in [6.07, 6.45) is 0. The second-order valence-electron chi connectivity index (χ2n) is 10.6. The van der Waals surface area contributed by atoms with Gasteiger partial charge in [-0.15, -0.1) is 0 Å². The normalized spacial score (nSPS) is 14.9. The van der Waals surface area contributed by atoms with E-state index in [1.54, 1.807) is 0 Å². The van der Waals surface area contributed by atoms with E-state index in [0.29, 0.717) is 0 Å². The molecule has 3 heteroatoms. The second kappa shape index (κ2) is 7.84. The van der Waals surface area contributed by atoms with Gasteiger partial charge in [0, 0.05) is 35.2 Å². The van der Waals surface area contributed by atoms with Gasteiger partial charge >= 0.3 is 0 Å². The minimum absolute atomic E-state index is 0.157. The molecule has 0 saturated carbocycles. The zero-order valence-electron chi connectivity index (χ0n) is 18.1. The lowest BCUT2D eigenvalue weighted by Crippen LogP contribution is -2.54. The van der Waals surface area contributed by atoms with Crippen molar-refractivity contribution in [3.05, 3.63) is 0 Å². The summed E-state index contributed by atoms with van der Waals surface area (Å²) >= 11 is 0. The Labute approximate surface area is 146 Å². The summed E-state index contributed by atoms with van der Waals surface area (Å²) in [5, 5.41) is 0. The third-order valence-electron chi connectivity index (χ3n) is 4.16. The van der Waals surface area contributed by atoms with E-state index in [9.17, 15) is 0 Å². The summed E-state index contributed by atoms with van der Waals surface area (Å²) in [7, 11) is 0. The van der Waals surface area contributed by atoms with Gasteiger partial charge in [-0.3, -0.25) is 9.80 Å². The van der Waals surface area contributed by atoms with Crippen molar-refractivity contribution in [1.82, 2.24) is 9.80 Å². The molecule has 0 aromatic rings. The Morgan fingerprint density at radius 1 is 0.478 bits per heavy atom. The number of hydrogen-bond acceptors (Lipinski definition) is 3. The minimum Gasteiger partial charge on any atom is -0.379 e. The largest absolute Gasteiger partial charge is 0.379 e. The van der Waals surface area contributed by atoms with Crippen molar-refractivity contribution in [3.63, 3.8) is 0 Å². The molecule has 0 radical (unpaired) electrons.